The van der Waals surface area contributed by atoms with Crippen molar-refractivity contribution in [2.24, 2.45) is 0 Å². The summed E-state index contributed by atoms with van der Waals surface area (Å²) in [6.45, 7) is 0. The standard InChI is InChI=1S/C9H8FNOS/c1-12-7-4-13-8-3-5(10)2-6(11)9(7)8/h2-4H,11H2,1H3. The number of nitrogen functional groups attached to an aromatic ring is 1. The molecular formula is C9H8FNOS. The molecule has 0 aliphatic heterocycles. The molecule has 0 atom stereocenters. The molecule has 1 aromatic heterocycles. The van der Waals surface area contributed by atoms with Gasteiger partial charge in [0.15, 0.2) is 0 Å². The highest BCUT2D eigenvalue weighted by Gasteiger charge is 2.08. The van der Waals surface area contributed by atoms with E-state index in [1.807, 2.05) is 5.38 Å². The van der Waals surface area contributed by atoms with E-state index in [1.165, 1.54) is 23.5 Å². The monoisotopic (exact) mass is 197 g/mol. The van der Waals surface area contributed by atoms with Gasteiger partial charge >= 0.3 is 0 Å². The van der Waals surface area contributed by atoms with Crippen LogP contribution in [0.5, 0.6) is 5.75 Å². The minimum absolute atomic E-state index is 0.311. The molecule has 4 heteroatoms. The van der Waals surface area contributed by atoms with Crippen LogP contribution in [0.2, 0.25) is 0 Å². The Labute approximate surface area is 78.7 Å². The Morgan fingerprint density at radius 3 is 2.92 bits per heavy atom. The summed E-state index contributed by atoms with van der Waals surface area (Å²) in [5.74, 6) is 0.395. The molecule has 0 saturated carbocycles. The quantitative estimate of drug-likeness (QED) is 0.713. The van der Waals surface area contributed by atoms with Gasteiger partial charge in [0.25, 0.3) is 0 Å². The Balaban J connectivity index is 2.82. The van der Waals surface area contributed by atoms with Gasteiger partial charge in [0.1, 0.15) is 11.6 Å². The molecule has 0 fully saturated rings. The molecule has 0 amide bonds. The first-order valence-electron chi connectivity index (χ1n) is 3.72. The molecule has 0 unspecified atom stereocenters. The molecular weight excluding hydrogens is 189 g/mol. The third-order valence-electron chi connectivity index (χ3n) is 1.86. The predicted molar refractivity (Wildman–Crippen MR) is 52.7 cm³/mol. The Morgan fingerprint density at radius 1 is 1.46 bits per heavy atom. The van der Waals surface area contributed by atoms with Gasteiger partial charge in [0.2, 0.25) is 0 Å². The van der Waals surface area contributed by atoms with Crippen LogP contribution in [0.1, 0.15) is 0 Å². The minimum Gasteiger partial charge on any atom is -0.495 e. The van der Waals surface area contributed by atoms with Gasteiger partial charge in [-0.1, -0.05) is 0 Å². The number of rotatable bonds is 1. The number of hydrogen-bond donors (Lipinski definition) is 1. The smallest absolute Gasteiger partial charge is 0.139 e. The lowest BCUT2D eigenvalue weighted by atomic mass is 10.2. The normalized spacial score (nSPS) is 10.6. The minimum atomic E-state index is -0.311. The van der Waals surface area contributed by atoms with Crippen molar-refractivity contribution in [2.75, 3.05) is 12.8 Å². The molecule has 0 aliphatic carbocycles. The molecule has 13 heavy (non-hydrogen) atoms. The van der Waals surface area contributed by atoms with Gasteiger partial charge < -0.3 is 10.5 Å². The molecule has 0 radical (unpaired) electrons. The zero-order chi connectivity index (χ0) is 9.42. The molecule has 2 N–H and O–H groups in total. The first-order chi connectivity index (χ1) is 6.22. The largest absolute Gasteiger partial charge is 0.495 e. The van der Waals surface area contributed by atoms with Gasteiger partial charge in [-0.3, -0.25) is 0 Å². The fourth-order valence-electron chi connectivity index (χ4n) is 1.28. The van der Waals surface area contributed by atoms with E-state index >= 15 is 0 Å². The zero-order valence-corrected chi connectivity index (χ0v) is 7.82. The summed E-state index contributed by atoms with van der Waals surface area (Å²) in [5, 5.41) is 2.62. The Morgan fingerprint density at radius 2 is 2.23 bits per heavy atom. The summed E-state index contributed by atoms with van der Waals surface area (Å²) >= 11 is 1.42. The fourth-order valence-corrected chi connectivity index (χ4v) is 2.25. The van der Waals surface area contributed by atoms with Crippen molar-refractivity contribution in [1.82, 2.24) is 0 Å². The van der Waals surface area contributed by atoms with Gasteiger partial charge in [0.05, 0.1) is 12.5 Å². The Hall–Kier alpha value is -1.29. The van der Waals surface area contributed by atoms with E-state index in [-0.39, 0.29) is 5.82 Å². The molecule has 1 aromatic carbocycles. The van der Waals surface area contributed by atoms with Crippen LogP contribution in [0.3, 0.4) is 0 Å². The topological polar surface area (TPSA) is 35.2 Å². The predicted octanol–water partition coefficient (Wildman–Crippen LogP) is 2.63. The molecule has 1 heterocycles. The second-order valence-corrected chi connectivity index (χ2v) is 3.58. The van der Waals surface area contributed by atoms with Crippen LogP contribution in [0.4, 0.5) is 10.1 Å². The van der Waals surface area contributed by atoms with Gasteiger partial charge in [0, 0.05) is 15.8 Å². The van der Waals surface area contributed by atoms with Crippen molar-refractivity contribution < 1.29 is 9.13 Å². The Bertz CT molecular complexity index is 452. The zero-order valence-electron chi connectivity index (χ0n) is 7.00. The van der Waals surface area contributed by atoms with Gasteiger partial charge in [-0.25, -0.2) is 4.39 Å². The van der Waals surface area contributed by atoms with Crippen molar-refractivity contribution >= 4 is 27.1 Å². The molecule has 2 aromatic rings. The highest BCUT2D eigenvalue weighted by Crippen LogP contribution is 2.36. The van der Waals surface area contributed by atoms with Gasteiger partial charge in [-0.15, -0.1) is 11.3 Å². The molecule has 0 bridgehead atoms. The SMILES string of the molecule is COc1csc2cc(F)cc(N)c12. The number of benzene rings is 1. The summed E-state index contributed by atoms with van der Waals surface area (Å²) in [6.07, 6.45) is 0. The van der Waals surface area contributed by atoms with Crippen LogP contribution in [-0.2, 0) is 0 Å². The van der Waals surface area contributed by atoms with Crippen LogP contribution in [0.25, 0.3) is 10.1 Å². The molecule has 0 spiro atoms. The lowest BCUT2D eigenvalue weighted by molar-refractivity contribution is 0.421. The maximum atomic E-state index is 12.9. The van der Waals surface area contributed by atoms with Gasteiger partial charge in [-0.05, 0) is 12.1 Å². The van der Waals surface area contributed by atoms with Crippen LogP contribution in [-0.4, -0.2) is 7.11 Å². The highest BCUT2D eigenvalue weighted by atomic mass is 32.1. The van der Waals surface area contributed by atoms with E-state index in [0.717, 1.165) is 10.1 Å². The molecule has 0 saturated heterocycles. The number of hydrogen-bond acceptors (Lipinski definition) is 3. The van der Waals surface area contributed by atoms with Crippen molar-refractivity contribution in [1.29, 1.82) is 0 Å². The van der Waals surface area contributed by atoms with E-state index in [4.69, 9.17) is 10.5 Å². The maximum Gasteiger partial charge on any atom is 0.139 e. The average Bonchev–Trinajstić information content (AvgIpc) is 2.47. The van der Waals surface area contributed by atoms with Crippen LogP contribution < -0.4 is 10.5 Å². The van der Waals surface area contributed by atoms with Crippen molar-refractivity contribution in [3.8, 4) is 5.75 Å². The third-order valence-corrected chi connectivity index (χ3v) is 2.76. The number of methoxy groups -OCH3 is 1. The van der Waals surface area contributed by atoms with Crippen molar-refractivity contribution in [2.45, 2.75) is 0 Å². The first-order valence-corrected chi connectivity index (χ1v) is 4.60. The van der Waals surface area contributed by atoms with E-state index in [0.29, 0.717) is 11.4 Å². The lowest BCUT2D eigenvalue weighted by Crippen LogP contribution is -1.89. The highest BCUT2D eigenvalue weighted by molar-refractivity contribution is 7.17. The third kappa shape index (κ3) is 1.23. The summed E-state index contributed by atoms with van der Waals surface area (Å²) in [4.78, 5) is 0. The maximum absolute atomic E-state index is 12.9. The van der Waals surface area contributed by atoms with Gasteiger partial charge in [-0.2, -0.15) is 0 Å². The number of ether oxygens (including phenoxy) is 1. The summed E-state index contributed by atoms with van der Waals surface area (Å²) in [6, 6.07) is 2.76. The van der Waals surface area contributed by atoms with Crippen LogP contribution in [0, 0.1) is 5.82 Å². The van der Waals surface area contributed by atoms with E-state index in [9.17, 15) is 4.39 Å². The second kappa shape index (κ2) is 2.88. The van der Waals surface area contributed by atoms with Crippen LogP contribution >= 0.6 is 11.3 Å². The first kappa shape index (κ1) is 8.31. The summed E-state index contributed by atoms with van der Waals surface area (Å²) < 4.78 is 18.8. The van der Waals surface area contributed by atoms with Crippen molar-refractivity contribution in [3.63, 3.8) is 0 Å². The molecule has 0 aliphatic rings. The summed E-state index contributed by atoms with van der Waals surface area (Å²) in [5.41, 5.74) is 6.09. The van der Waals surface area contributed by atoms with E-state index in [2.05, 4.69) is 0 Å². The van der Waals surface area contributed by atoms with E-state index < -0.39 is 0 Å². The molecule has 68 valence electrons. The number of thiophene rings is 1. The number of nitrogens with two attached hydrogens (primary N) is 1. The summed E-state index contributed by atoms with van der Waals surface area (Å²) in [7, 11) is 1.57. The molecule has 2 rings (SSSR count). The number of anilines is 1. The molecule has 2 nitrogen and oxygen atoms in total. The lowest BCUT2D eigenvalue weighted by Gasteiger charge is -2.00. The fraction of sp³-hybridized carbons (Fsp3) is 0.111. The van der Waals surface area contributed by atoms with E-state index in [1.54, 1.807) is 7.11 Å². The average molecular weight is 197 g/mol. The van der Waals surface area contributed by atoms with Crippen LogP contribution in [0.15, 0.2) is 17.5 Å². The number of halogens is 1. The Kier molecular flexibility index (Phi) is 1.84. The number of fused-ring (bicyclic) bond motifs is 1. The second-order valence-electron chi connectivity index (χ2n) is 2.67. The van der Waals surface area contributed by atoms with Crippen molar-refractivity contribution in [3.05, 3.63) is 23.3 Å².